The normalized spacial score (nSPS) is 27.6. The Bertz CT molecular complexity index is 474. The third kappa shape index (κ3) is 2.39. The molecule has 2 heterocycles. The number of nitrogens with two attached hydrogens (primary N) is 1. The van der Waals surface area contributed by atoms with E-state index in [1.54, 1.807) is 12.3 Å². The Morgan fingerprint density at radius 2 is 2.50 bits per heavy atom. The first-order valence-electron chi connectivity index (χ1n) is 6.23. The van der Waals surface area contributed by atoms with Crippen LogP contribution in [-0.4, -0.2) is 26.9 Å². The van der Waals surface area contributed by atoms with Crippen LogP contribution in [0.3, 0.4) is 0 Å². The molecule has 0 amide bonds. The lowest BCUT2D eigenvalue weighted by molar-refractivity contribution is -0.104. The predicted octanol–water partition coefficient (Wildman–Crippen LogP) is 0.666. The minimum Gasteiger partial charge on any atom is -0.393 e. The van der Waals surface area contributed by atoms with Gasteiger partial charge in [0, 0.05) is 6.20 Å². The number of hydrogen-bond acceptors (Lipinski definition) is 5. The van der Waals surface area contributed by atoms with Crippen LogP contribution in [0.1, 0.15) is 38.8 Å². The van der Waals surface area contributed by atoms with Crippen LogP contribution in [0.4, 0.5) is 5.82 Å². The van der Waals surface area contributed by atoms with Crippen molar-refractivity contribution in [2.45, 2.75) is 44.4 Å². The van der Waals surface area contributed by atoms with Crippen molar-refractivity contribution >= 4 is 5.82 Å². The summed E-state index contributed by atoms with van der Waals surface area (Å²) in [6.45, 7) is 2.03. The van der Waals surface area contributed by atoms with Crippen molar-refractivity contribution in [2.75, 3.05) is 12.3 Å². The summed E-state index contributed by atoms with van der Waals surface area (Å²) in [7, 11) is 0. The lowest BCUT2D eigenvalue weighted by Crippen LogP contribution is -2.34. The van der Waals surface area contributed by atoms with Gasteiger partial charge in [-0.3, -0.25) is 4.57 Å². The van der Waals surface area contributed by atoms with Crippen LogP contribution in [0, 0.1) is 0 Å². The quantitative estimate of drug-likeness (QED) is 0.823. The highest BCUT2D eigenvalue weighted by molar-refractivity contribution is 5.23. The molecule has 3 N–H and O–H groups in total. The zero-order chi connectivity index (χ0) is 13.2. The average Bonchev–Trinajstić information content (AvgIpc) is 2.74. The number of aromatic nitrogens is 2. The summed E-state index contributed by atoms with van der Waals surface area (Å²) < 4.78 is 7.31. The smallest absolute Gasteiger partial charge is 0.351 e. The van der Waals surface area contributed by atoms with E-state index in [1.807, 2.05) is 6.92 Å². The minimum atomic E-state index is -0.514. The summed E-state index contributed by atoms with van der Waals surface area (Å²) in [5.74, 6) is 0.205. The first-order valence-corrected chi connectivity index (χ1v) is 6.23. The van der Waals surface area contributed by atoms with Gasteiger partial charge in [0.15, 0.2) is 0 Å². The van der Waals surface area contributed by atoms with Gasteiger partial charge in [-0.2, -0.15) is 4.98 Å². The van der Waals surface area contributed by atoms with Crippen LogP contribution in [0.2, 0.25) is 0 Å². The second-order valence-electron chi connectivity index (χ2n) is 4.74. The van der Waals surface area contributed by atoms with Crippen LogP contribution in [0.15, 0.2) is 17.1 Å². The lowest BCUT2D eigenvalue weighted by Gasteiger charge is -2.27. The summed E-state index contributed by atoms with van der Waals surface area (Å²) >= 11 is 0. The fraction of sp³-hybridized carbons (Fsp3) is 0.667. The van der Waals surface area contributed by atoms with E-state index in [-0.39, 0.29) is 18.7 Å². The van der Waals surface area contributed by atoms with Crippen molar-refractivity contribution in [3.8, 4) is 0 Å². The molecule has 0 aromatic carbocycles. The maximum Gasteiger partial charge on any atom is 0.351 e. The van der Waals surface area contributed by atoms with Crippen LogP contribution < -0.4 is 11.4 Å². The van der Waals surface area contributed by atoms with Gasteiger partial charge < -0.3 is 15.6 Å². The zero-order valence-electron chi connectivity index (χ0n) is 10.5. The number of anilines is 1. The van der Waals surface area contributed by atoms with Crippen molar-refractivity contribution in [2.24, 2.45) is 0 Å². The number of hydrogen-bond donors (Lipinski definition) is 2. The van der Waals surface area contributed by atoms with Gasteiger partial charge in [0.25, 0.3) is 0 Å². The Labute approximate surface area is 105 Å². The van der Waals surface area contributed by atoms with E-state index < -0.39 is 11.3 Å². The molecule has 6 nitrogen and oxygen atoms in total. The van der Waals surface area contributed by atoms with E-state index in [4.69, 9.17) is 10.5 Å². The van der Waals surface area contributed by atoms with Crippen LogP contribution in [-0.2, 0) is 4.74 Å². The van der Waals surface area contributed by atoms with Crippen molar-refractivity contribution in [1.29, 1.82) is 0 Å². The number of nitrogen functional groups attached to an aromatic ring is 1. The second kappa shape index (κ2) is 5.07. The molecule has 0 aliphatic carbocycles. The fourth-order valence-corrected chi connectivity index (χ4v) is 2.47. The third-order valence-electron chi connectivity index (χ3n) is 3.39. The molecule has 1 aliphatic rings. The maximum absolute atomic E-state index is 11.7. The molecule has 100 valence electrons. The van der Waals surface area contributed by atoms with Crippen LogP contribution in [0.25, 0.3) is 0 Å². The van der Waals surface area contributed by atoms with Gasteiger partial charge in [0.2, 0.25) is 0 Å². The molecule has 1 saturated heterocycles. The zero-order valence-corrected chi connectivity index (χ0v) is 10.5. The summed E-state index contributed by atoms with van der Waals surface area (Å²) in [6.07, 6.45) is 4.41. The van der Waals surface area contributed by atoms with E-state index >= 15 is 0 Å². The van der Waals surface area contributed by atoms with Gasteiger partial charge >= 0.3 is 5.69 Å². The van der Waals surface area contributed by atoms with Gasteiger partial charge in [0.05, 0.1) is 12.2 Å². The molecule has 6 heteroatoms. The number of ether oxygens (including phenoxy) is 1. The van der Waals surface area contributed by atoms with E-state index in [1.165, 1.54) is 4.57 Å². The number of aliphatic hydroxyl groups is 1. The molecule has 1 aromatic heterocycles. The highest BCUT2D eigenvalue weighted by Crippen LogP contribution is 2.38. The summed E-state index contributed by atoms with van der Waals surface area (Å²) in [4.78, 5) is 15.4. The van der Waals surface area contributed by atoms with Crippen molar-refractivity contribution < 1.29 is 9.84 Å². The number of nitrogens with zero attached hydrogens (tertiary/aromatic N) is 2. The summed E-state index contributed by atoms with van der Waals surface area (Å²) in [5.41, 5.74) is 4.52. The van der Waals surface area contributed by atoms with Crippen molar-refractivity contribution in [3.63, 3.8) is 0 Å². The highest BCUT2D eigenvalue weighted by Gasteiger charge is 2.40. The molecule has 1 fully saturated rings. The molecule has 1 aromatic rings. The minimum absolute atomic E-state index is 0.0194. The Hall–Kier alpha value is -1.40. The molecule has 18 heavy (non-hydrogen) atoms. The van der Waals surface area contributed by atoms with Crippen LogP contribution in [0.5, 0.6) is 0 Å². The van der Waals surface area contributed by atoms with Crippen molar-refractivity contribution in [1.82, 2.24) is 9.55 Å². The molecule has 0 saturated carbocycles. The van der Waals surface area contributed by atoms with Gasteiger partial charge in [-0.1, -0.05) is 13.3 Å². The van der Waals surface area contributed by atoms with E-state index in [0.29, 0.717) is 6.42 Å². The predicted molar refractivity (Wildman–Crippen MR) is 67.0 cm³/mol. The number of aliphatic hydroxyl groups excluding tert-OH is 1. The van der Waals surface area contributed by atoms with E-state index in [0.717, 1.165) is 19.3 Å². The van der Waals surface area contributed by atoms with Gasteiger partial charge in [-0.05, 0) is 25.3 Å². The monoisotopic (exact) mass is 253 g/mol. The molecule has 1 aliphatic heterocycles. The molecule has 0 bridgehead atoms. The summed E-state index contributed by atoms with van der Waals surface area (Å²) in [6, 6.07) is 1.57. The Morgan fingerprint density at radius 1 is 1.72 bits per heavy atom. The second-order valence-corrected chi connectivity index (χ2v) is 4.74. The summed E-state index contributed by atoms with van der Waals surface area (Å²) in [5, 5.41) is 9.48. The molecule has 0 radical (unpaired) electrons. The molecule has 0 spiro atoms. The van der Waals surface area contributed by atoms with E-state index in [9.17, 15) is 9.90 Å². The van der Waals surface area contributed by atoms with E-state index in [2.05, 4.69) is 4.98 Å². The molecular formula is C12H19N3O3. The molecule has 2 rings (SSSR count). The maximum atomic E-state index is 11.7. The third-order valence-corrected chi connectivity index (χ3v) is 3.39. The topological polar surface area (TPSA) is 90.4 Å². The molecule has 0 unspecified atom stereocenters. The Kier molecular flexibility index (Phi) is 3.68. The largest absolute Gasteiger partial charge is 0.393 e. The van der Waals surface area contributed by atoms with Gasteiger partial charge in [-0.25, -0.2) is 4.79 Å². The Morgan fingerprint density at radius 3 is 3.11 bits per heavy atom. The first-order chi connectivity index (χ1) is 8.60. The highest BCUT2D eigenvalue weighted by atomic mass is 16.5. The van der Waals surface area contributed by atoms with Gasteiger partial charge in [0.1, 0.15) is 12.0 Å². The average molecular weight is 253 g/mol. The lowest BCUT2D eigenvalue weighted by atomic mass is 9.96. The standard InChI is InChI=1S/C12H19N3O3/c1-2-5-12(8-16)6-3-10(18-12)15-7-4-9(13)14-11(15)17/h4,7,10,16H,2-3,5-6,8H2,1H3,(H2,13,14,17)/t10-,12+/m1/s1. The molecule has 2 atom stereocenters. The number of rotatable bonds is 4. The molecular weight excluding hydrogens is 234 g/mol. The Balaban J connectivity index is 2.19. The van der Waals surface area contributed by atoms with Crippen molar-refractivity contribution in [3.05, 3.63) is 22.7 Å². The SMILES string of the molecule is CCC[C@@]1(CO)CC[C@H](n2ccc(N)nc2=O)O1. The fourth-order valence-electron chi connectivity index (χ4n) is 2.47. The first kappa shape index (κ1) is 13.0. The van der Waals surface area contributed by atoms with Crippen LogP contribution >= 0.6 is 0 Å². The van der Waals surface area contributed by atoms with Gasteiger partial charge in [-0.15, -0.1) is 0 Å².